The summed E-state index contributed by atoms with van der Waals surface area (Å²) in [4.78, 5) is 11.7. The lowest BCUT2D eigenvalue weighted by molar-refractivity contribution is -0.558. The largest absolute Gasteiger partial charge is 0.461 e. The smallest absolute Gasteiger partial charge is 0.352 e. The molecule has 0 saturated heterocycles. The molecule has 126 valence electrons. The van der Waals surface area contributed by atoms with Crippen LogP contribution in [0.15, 0.2) is 64.5 Å². The molecule has 0 N–H and O–H groups in total. The number of benzene rings is 2. The molecule has 2 nitrogen and oxygen atoms in total. The van der Waals surface area contributed by atoms with Crippen molar-refractivity contribution in [1.82, 2.24) is 0 Å². The van der Waals surface area contributed by atoms with Gasteiger partial charge in [0.1, 0.15) is 12.4 Å². The van der Waals surface area contributed by atoms with Gasteiger partial charge in [0, 0.05) is 12.8 Å². The highest BCUT2D eigenvalue weighted by atomic mass is 127. The van der Waals surface area contributed by atoms with E-state index in [1.807, 2.05) is 61.5 Å². The number of ether oxygens (including phenoxy) is 1. The van der Waals surface area contributed by atoms with Crippen LogP contribution in [-0.2, 0) is 16.1 Å². The summed E-state index contributed by atoms with van der Waals surface area (Å²) in [5, 5.41) is 0. The van der Waals surface area contributed by atoms with E-state index in [0.717, 1.165) is 5.56 Å². The van der Waals surface area contributed by atoms with Gasteiger partial charge in [-0.15, -0.1) is 0 Å². The molecule has 0 saturated carbocycles. The minimum Gasteiger partial charge on any atom is -0.461 e. The lowest BCUT2D eigenvalue weighted by Crippen LogP contribution is -3.59. The van der Waals surface area contributed by atoms with E-state index < -0.39 is 21.2 Å². The fourth-order valence-electron chi connectivity index (χ4n) is 1.99. The quantitative estimate of drug-likeness (QED) is 0.465. The van der Waals surface area contributed by atoms with E-state index in [-0.39, 0.29) is 24.8 Å². The van der Waals surface area contributed by atoms with Crippen LogP contribution in [0, 0.1) is 10.5 Å². The van der Waals surface area contributed by atoms with Crippen molar-refractivity contribution in [3.8, 4) is 0 Å². The third-order valence-corrected chi connectivity index (χ3v) is 5.77. The first kappa shape index (κ1) is 18.6. The molecule has 4 heteroatoms. The molecular formula is C20H21FIO2+. The van der Waals surface area contributed by atoms with Crippen LogP contribution in [0.1, 0.15) is 30.4 Å². The highest BCUT2D eigenvalue weighted by Crippen LogP contribution is 2.08. The van der Waals surface area contributed by atoms with Crippen LogP contribution in [0.4, 0.5) is 4.39 Å². The zero-order valence-corrected chi connectivity index (χ0v) is 15.8. The van der Waals surface area contributed by atoms with Gasteiger partial charge in [-0.3, -0.25) is 4.79 Å². The second-order valence-electron chi connectivity index (χ2n) is 5.46. The van der Waals surface area contributed by atoms with E-state index in [1.54, 1.807) is 4.08 Å². The molecule has 0 unspecified atom stereocenters. The molecule has 0 aliphatic carbocycles. The van der Waals surface area contributed by atoms with Crippen LogP contribution in [0.5, 0.6) is 0 Å². The van der Waals surface area contributed by atoms with Crippen molar-refractivity contribution >= 4 is 5.97 Å². The first-order valence-electron chi connectivity index (χ1n) is 7.87. The van der Waals surface area contributed by atoms with Gasteiger partial charge in [0.15, 0.2) is 7.65 Å². The van der Waals surface area contributed by atoms with Gasteiger partial charge < -0.3 is 4.74 Å². The van der Waals surface area contributed by atoms with Crippen LogP contribution in [0.25, 0.3) is 0 Å². The van der Waals surface area contributed by atoms with Crippen LogP contribution in [0.3, 0.4) is 0 Å². The van der Waals surface area contributed by atoms with E-state index in [0.29, 0.717) is 12.8 Å². The Morgan fingerprint density at radius 2 is 1.79 bits per heavy atom. The highest BCUT2D eigenvalue weighted by molar-refractivity contribution is 5.69. The minimum atomic E-state index is -0.451. The van der Waals surface area contributed by atoms with Crippen molar-refractivity contribution < 1.29 is 35.1 Å². The molecule has 0 aliphatic rings. The average Bonchev–Trinajstić information content (AvgIpc) is 2.60. The normalized spacial score (nSPS) is 11.3. The first-order chi connectivity index (χ1) is 11.6. The predicted molar refractivity (Wildman–Crippen MR) is 89.2 cm³/mol. The number of hydrogen-bond donors (Lipinski definition) is 0. The number of esters is 1. The molecule has 0 radical (unpaired) electrons. The second kappa shape index (κ2) is 10.2. The van der Waals surface area contributed by atoms with E-state index in [9.17, 15) is 9.18 Å². The van der Waals surface area contributed by atoms with E-state index in [1.165, 1.54) is 9.13 Å². The van der Waals surface area contributed by atoms with Crippen molar-refractivity contribution in [3.63, 3.8) is 0 Å². The zero-order chi connectivity index (χ0) is 17.2. The monoisotopic (exact) mass is 439 g/mol. The van der Waals surface area contributed by atoms with Gasteiger partial charge in [-0.25, -0.2) is 4.39 Å². The Morgan fingerprint density at radius 3 is 2.50 bits per heavy atom. The van der Waals surface area contributed by atoms with Gasteiger partial charge in [0.05, 0.1) is 0 Å². The van der Waals surface area contributed by atoms with Gasteiger partial charge in [-0.2, -0.15) is 0 Å². The Bertz CT molecular complexity index is 666. The molecule has 0 aromatic heterocycles. The predicted octanol–water partition coefficient (Wildman–Crippen LogP) is 1.98. The van der Waals surface area contributed by atoms with E-state index in [4.69, 9.17) is 4.74 Å². The van der Waals surface area contributed by atoms with Crippen LogP contribution < -0.4 is 21.2 Å². The van der Waals surface area contributed by atoms with Crippen LogP contribution >= 0.6 is 0 Å². The van der Waals surface area contributed by atoms with Crippen molar-refractivity contribution in [2.75, 3.05) is 0 Å². The Kier molecular flexibility index (Phi) is 7.95. The zero-order valence-electron chi connectivity index (χ0n) is 13.7. The topological polar surface area (TPSA) is 26.3 Å². The fourth-order valence-corrected chi connectivity index (χ4v) is 3.78. The van der Waals surface area contributed by atoms with Crippen LogP contribution in [0.2, 0.25) is 0 Å². The molecule has 24 heavy (non-hydrogen) atoms. The summed E-state index contributed by atoms with van der Waals surface area (Å²) in [6.45, 7) is 2.31. The Balaban J connectivity index is 1.64. The minimum absolute atomic E-state index is 0.126. The summed E-state index contributed by atoms with van der Waals surface area (Å²) in [7, 11) is 0. The molecule has 2 aromatic carbocycles. The molecule has 2 rings (SSSR count). The van der Waals surface area contributed by atoms with Crippen LogP contribution in [-0.4, -0.2) is 5.97 Å². The van der Waals surface area contributed by atoms with Gasteiger partial charge in [-0.05, 0) is 31.0 Å². The summed E-state index contributed by atoms with van der Waals surface area (Å²) in [5.41, 5.74) is 2.17. The van der Waals surface area contributed by atoms with Gasteiger partial charge in [-0.1, -0.05) is 48.0 Å². The number of rotatable bonds is 8. The van der Waals surface area contributed by atoms with Crippen molar-refractivity contribution in [2.24, 2.45) is 0 Å². The van der Waals surface area contributed by atoms with E-state index >= 15 is 0 Å². The van der Waals surface area contributed by atoms with E-state index in [2.05, 4.69) is 0 Å². The summed E-state index contributed by atoms with van der Waals surface area (Å²) < 4.78 is 21.9. The molecule has 0 heterocycles. The van der Waals surface area contributed by atoms with Crippen molar-refractivity contribution in [3.05, 3.63) is 79.2 Å². The fraction of sp³-hybridized carbons (Fsp3) is 0.250. The number of halogens is 2. The van der Waals surface area contributed by atoms with Gasteiger partial charge in [0.2, 0.25) is 0 Å². The molecule has 0 atom stereocenters. The van der Waals surface area contributed by atoms with Crippen molar-refractivity contribution in [1.29, 1.82) is 0 Å². The number of carbonyl (C=O) groups excluding carboxylic acids is 1. The summed E-state index contributed by atoms with van der Waals surface area (Å²) >= 11 is -0.451. The molecule has 0 aliphatic heterocycles. The standard InChI is InChI=1S/C20H21FIO2/c1-16-10-12-19(13-11-16)22-14-18(21)8-5-9-20(23)24-15-17-6-3-2-4-7-17/h2-4,6-7,10-14H,5,8-9,15H2,1H3/q+1/b18-14-. The lowest BCUT2D eigenvalue weighted by Gasteiger charge is -2.04. The Hall–Kier alpha value is -1.69. The molecule has 2 aromatic rings. The third kappa shape index (κ3) is 7.25. The number of allylic oxidation sites excluding steroid dienone is 1. The second-order valence-corrected chi connectivity index (χ2v) is 7.95. The molecular weight excluding hydrogens is 418 g/mol. The van der Waals surface area contributed by atoms with Gasteiger partial charge >= 0.3 is 27.2 Å². The lowest BCUT2D eigenvalue weighted by atomic mass is 10.2. The first-order valence-corrected chi connectivity index (χ1v) is 10.2. The molecule has 0 amide bonds. The Morgan fingerprint density at radius 1 is 1.08 bits per heavy atom. The summed E-state index contributed by atoms with van der Waals surface area (Å²) in [6, 6.07) is 17.7. The summed E-state index contributed by atoms with van der Waals surface area (Å²) in [5.74, 6) is -0.404. The number of carbonyl (C=O) groups is 1. The SMILES string of the molecule is Cc1ccc([I+]/C=C(\F)CCCC(=O)OCc2ccccc2)cc1. The molecule has 0 bridgehead atoms. The maximum absolute atomic E-state index is 13.8. The highest BCUT2D eigenvalue weighted by Gasteiger charge is 2.11. The average molecular weight is 439 g/mol. The molecule has 0 fully saturated rings. The number of aryl methyl sites for hydroxylation is 1. The maximum Gasteiger partial charge on any atom is 0.352 e. The molecule has 0 spiro atoms. The Labute approximate surface area is 153 Å². The third-order valence-electron chi connectivity index (χ3n) is 3.35. The number of hydrogen-bond acceptors (Lipinski definition) is 2. The maximum atomic E-state index is 13.8. The summed E-state index contributed by atoms with van der Waals surface area (Å²) in [6.07, 6.45) is 1.02. The van der Waals surface area contributed by atoms with Crippen molar-refractivity contribution in [2.45, 2.75) is 32.8 Å². The van der Waals surface area contributed by atoms with Gasteiger partial charge in [0.25, 0.3) is 0 Å².